The molecule has 0 radical (unpaired) electrons. The third-order valence-corrected chi connectivity index (χ3v) is 4.32. The number of ether oxygens (including phenoxy) is 1. The van der Waals surface area contributed by atoms with Gasteiger partial charge in [0, 0.05) is 26.2 Å². The van der Waals surface area contributed by atoms with E-state index >= 15 is 0 Å². The Morgan fingerprint density at radius 1 is 1.44 bits per heavy atom. The third-order valence-electron chi connectivity index (χ3n) is 4.32. The molecule has 0 aromatic carbocycles. The molecule has 0 aliphatic carbocycles. The first kappa shape index (κ1) is 12.3. The van der Waals surface area contributed by atoms with E-state index in [2.05, 4.69) is 24.1 Å². The van der Waals surface area contributed by atoms with Crippen LogP contribution in [0.2, 0.25) is 0 Å². The standard InChI is InChI=1S/C13H26N2O/c1-3-12-9-15(7-8-16-12)11-13(4-2)5-6-14-10-13/h12,14H,3-11H2,1-2H3. The first-order valence-corrected chi connectivity index (χ1v) is 6.83. The van der Waals surface area contributed by atoms with Crippen molar-refractivity contribution in [3.8, 4) is 0 Å². The van der Waals surface area contributed by atoms with E-state index in [1.165, 1.54) is 32.5 Å². The molecule has 2 fully saturated rings. The molecular weight excluding hydrogens is 200 g/mol. The molecule has 0 amide bonds. The molecule has 2 aliphatic rings. The van der Waals surface area contributed by atoms with Crippen LogP contribution >= 0.6 is 0 Å². The van der Waals surface area contributed by atoms with Crippen molar-refractivity contribution < 1.29 is 4.74 Å². The summed E-state index contributed by atoms with van der Waals surface area (Å²) in [6.45, 7) is 11.4. The fraction of sp³-hybridized carbons (Fsp3) is 1.00. The summed E-state index contributed by atoms with van der Waals surface area (Å²) in [5.74, 6) is 0. The molecule has 94 valence electrons. The summed E-state index contributed by atoms with van der Waals surface area (Å²) in [7, 11) is 0. The zero-order chi connectivity index (χ0) is 11.4. The van der Waals surface area contributed by atoms with Crippen LogP contribution in [0.5, 0.6) is 0 Å². The van der Waals surface area contributed by atoms with Gasteiger partial charge in [-0.1, -0.05) is 13.8 Å². The van der Waals surface area contributed by atoms with Gasteiger partial charge in [0.25, 0.3) is 0 Å². The lowest BCUT2D eigenvalue weighted by Crippen LogP contribution is -2.47. The van der Waals surface area contributed by atoms with E-state index in [0.29, 0.717) is 11.5 Å². The Bertz CT molecular complexity index is 214. The molecule has 0 saturated carbocycles. The predicted octanol–water partition coefficient (Wildman–Crippen LogP) is 1.49. The maximum Gasteiger partial charge on any atom is 0.0700 e. The molecule has 3 nitrogen and oxygen atoms in total. The van der Waals surface area contributed by atoms with Crippen molar-refractivity contribution in [2.24, 2.45) is 5.41 Å². The monoisotopic (exact) mass is 226 g/mol. The summed E-state index contributed by atoms with van der Waals surface area (Å²) in [5, 5.41) is 3.52. The average molecular weight is 226 g/mol. The van der Waals surface area contributed by atoms with E-state index in [-0.39, 0.29) is 0 Å². The topological polar surface area (TPSA) is 24.5 Å². The highest BCUT2D eigenvalue weighted by Crippen LogP contribution is 2.31. The minimum Gasteiger partial charge on any atom is -0.376 e. The summed E-state index contributed by atoms with van der Waals surface area (Å²) in [4.78, 5) is 2.62. The van der Waals surface area contributed by atoms with Crippen LogP contribution in [-0.2, 0) is 4.74 Å². The van der Waals surface area contributed by atoms with Crippen molar-refractivity contribution in [2.45, 2.75) is 39.2 Å². The summed E-state index contributed by atoms with van der Waals surface area (Å²) < 4.78 is 5.73. The summed E-state index contributed by atoms with van der Waals surface area (Å²) in [6.07, 6.45) is 4.26. The quantitative estimate of drug-likeness (QED) is 0.786. The number of rotatable bonds is 4. The second-order valence-electron chi connectivity index (χ2n) is 5.42. The van der Waals surface area contributed by atoms with Gasteiger partial charge in [0.2, 0.25) is 0 Å². The van der Waals surface area contributed by atoms with Gasteiger partial charge in [-0.15, -0.1) is 0 Å². The van der Waals surface area contributed by atoms with E-state index < -0.39 is 0 Å². The average Bonchev–Trinajstić information content (AvgIpc) is 2.78. The van der Waals surface area contributed by atoms with E-state index in [1.807, 2.05) is 0 Å². The van der Waals surface area contributed by atoms with Crippen LogP contribution in [0.1, 0.15) is 33.1 Å². The van der Waals surface area contributed by atoms with E-state index in [1.54, 1.807) is 0 Å². The van der Waals surface area contributed by atoms with Crippen LogP contribution in [0, 0.1) is 5.41 Å². The van der Waals surface area contributed by atoms with Gasteiger partial charge >= 0.3 is 0 Å². The number of nitrogens with zero attached hydrogens (tertiary/aromatic N) is 1. The first-order chi connectivity index (χ1) is 7.78. The fourth-order valence-electron chi connectivity index (χ4n) is 2.99. The number of morpholine rings is 1. The SMILES string of the molecule is CCC1CN(CC2(CC)CCNC2)CCO1. The molecule has 0 aromatic rings. The van der Waals surface area contributed by atoms with Crippen molar-refractivity contribution in [3.63, 3.8) is 0 Å². The largest absolute Gasteiger partial charge is 0.376 e. The highest BCUT2D eigenvalue weighted by Gasteiger charge is 2.34. The zero-order valence-corrected chi connectivity index (χ0v) is 10.8. The molecule has 2 rings (SSSR count). The Labute approximate surface area is 99.5 Å². The van der Waals surface area contributed by atoms with Crippen LogP contribution in [0.4, 0.5) is 0 Å². The Balaban J connectivity index is 1.87. The van der Waals surface area contributed by atoms with Crippen molar-refractivity contribution >= 4 is 0 Å². The highest BCUT2D eigenvalue weighted by molar-refractivity contribution is 4.90. The summed E-state index contributed by atoms with van der Waals surface area (Å²) in [6, 6.07) is 0. The molecule has 2 unspecified atom stereocenters. The number of hydrogen-bond acceptors (Lipinski definition) is 3. The van der Waals surface area contributed by atoms with Crippen molar-refractivity contribution in [3.05, 3.63) is 0 Å². The van der Waals surface area contributed by atoms with Crippen LogP contribution in [0.25, 0.3) is 0 Å². The van der Waals surface area contributed by atoms with Gasteiger partial charge in [-0.3, -0.25) is 4.90 Å². The molecule has 1 N–H and O–H groups in total. The van der Waals surface area contributed by atoms with Crippen molar-refractivity contribution in [2.75, 3.05) is 39.3 Å². The lowest BCUT2D eigenvalue weighted by Gasteiger charge is -2.38. The Morgan fingerprint density at radius 2 is 2.31 bits per heavy atom. The Hall–Kier alpha value is -0.120. The van der Waals surface area contributed by atoms with Crippen LogP contribution in [-0.4, -0.2) is 50.3 Å². The molecule has 0 aromatic heterocycles. The van der Waals surface area contributed by atoms with Gasteiger partial charge < -0.3 is 10.1 Å². The highest BCUT2D eigenvalue weighted by atomic mass is 16.5. The van der Waals surface area contributed by atoms with Gasteiger partial charge in [-0.05, 0) is 31.2 Å². The predicted molar refractivity (Wildman–Crippen MR) is 66.7 cm³/mol. The molecule has 16 heavy (non-hydrogen) atoms. The molecule has 2 saturated heterocycles. The van der Waals surface area contributed by atoms with Gasteiger partial charge in [0.15, 0.2) is 0 Å². The second-order valence-corrected chi connectivity index (χ2v) is 5.42. The first-order valence-electron chi connectivity index (χ1n) is 6.83. The minimum atomic E-state index is 0.469. The molecule has 0 bridgehead atoms. The zero-order valence-electron chi connectivity index (χ0n) is 10.8. The van der Waals surface area contributed by atoms with E-state index in [0.717, 1.165) is 26.1 Å². The van der Waals surface area contributed by atoms with E-state index in [4.69, 9.17) is 4.74 Å². The lowest BCUT2D eigenvalue weighted by molar-refractivity contribution is -0.0412. The van der Waals surface area contributed by atoms with Gasteiger partial charge in [0.05, 0.1) is 12.7 Å². The number of nitrogens with one attached hydrogen (secondary N) is 1. The lowest BCUT2D eigenvalue weighted by atomic mass is 9.83. The molecule has 2 aliphatic heterocycles. The fourth-order valence-corrected chi connectivity index (χ4v) is 2.99. The molecule has 0 spiro atoms. The Morgan fingerprint density at radius 3 is 2.94 bits per heavy atom. The van der Waals surface area contributed by atoms with Crippen molar-refractivity contribution in [1.82, 2.24) is 10.2 Å². The Kier molecular flexibility index (Phi) is 4.22. The van der Waals surface area contributed by atoms with E-state index in [9.17, 15) is 0 Å². The molecular formula is C13H26N2O. The van der Waals surface area contributed by atoms with Crippen LogP contribution in [0.3, 0.4) is 0 Å². The van der Waals surface area contributed by atoms with Gasteiger partial charge in [0.1, 0.15) is 0 Å². The van der Waals surface area contributed by atoms with Crippen LogP contribution < -0.4 is 5.32 Å². The smallest absolute Gasteiger partial charge is 0.0700 e. The molecule has 2 heterocycles. The van der Waals surface area contributed by atoms with Gasteiger partial charge in [-0.2, -0.15) is 0 Å². The van der Waals surface area contributed by atoms with Gasteiger partial charge in [-0.25, -0.2) is 0 Å². The van der Waals surface area contributed by atoms with Crippen molar-refractivity contribution in [1.29, 1.82) is 0 Å². The summed E-state index contributed by atoms with van der Waals surface area (Å²) >= 11 is 0. The molecule has 2 atom stereocenters. The maximum atomic E-state index is 5.73. The van der Waals surface area contributed by atoms with Crippen LogP contribution in [0.15, 0.2) is 0 Å². The second kappa shape index (κ2) is 5.48. The molecule has 3 heteroatoms. The minimum absolute atomic E-state index is 0.469. The third kappa shape index (κ3) is 2.76. The normalized spacial score (nSPS) is 36.8. The maximum absolute atomic E-state index is 5.73. The number of hydrogen-bond donors (Lipinski definition) is 1. The summed E-state index contributed by atoms with van der Waals surface area (Å²) in [5.41, 5.74) is 0.537.